The normalized spacial score (nSPS) is 16.7. The zero-order valence-electron chi connectivity index (χ0n) is 9.69. The van der Waals surface area contributed by atoms with Crippen LogP contribution in [0.3, 0.4) is 0 Å². The van der Waals surface area contributed by atoms with Crippen LogP contribution in [0.4, 0.5) is 4.39 Å². The van der Waals surface area contributed by atoms with Crippen LogP contribution in [0.2, 0.25) is 0 Å². The Morgan fingerprint density at radius 3 is 2.67 bits per heavy atom. The fourth-order valence-corrected chi connectivity index (χ4v) is 2.12. The summed E-state index contributed by atoms with van der Waals surface area (Å²) in [5.74, 6) is -1.31. The molecule has 4 nitrogen and oxygen atoms in total. The highest BCUT2D eigenvalue weighted by Crippen LogP contribution is 2.39. The minimum Gasteiger partial charge on any atom is -0.487 e. The lowest BCUT2D eigenvalue weighted by molar-refractivity contribution is -0.144. The van der Waals surface area contributed by atoms with Gasteiger partial charge in [0.15, 0.2) is 0 Å². The van der Waals surface area contributed by atoms with Crippen LogP contribution >= 0.6 is 0 Å². The van der Waals surface area contributed by atoms with E-state index in [1.54, 1.807) is 0 Å². The van der Waals surface area contributed by atoms with Gasteiger partial charge in [0.2, 0.25) is 0 Å². The Morgan fingerprint density at radius 2 is 2.17 bits per heavy atom. The van der Waals surface area contributed by atoms with Gasteiger partial charge < -0.3 is 9.84 Å². The molecule has 18 heavy (non-hydrogen) atoms. The number of aliphatic carboxylic acids is 1. The molecular formula is C13H13FO4. The van der Waals surface area contributed by atoms with Crippen LogP contribution in [-0.2, 0) is 4.79 Å². The van der Waals surface area contributed by atoms with E-state index in [4.69, 9.17) is 9.84 Å². The lowest BCUT2D eigenvalue weighted by Gasteiger charge is -2.40. The molecule has 1 aromatic rings. The van der Waals surface area contributed by atoms with Crippen molar-refractivity contribution in [3.8, 4) is 5.75 Å². The molecule has 1 saturated carbocycles. The van der Waals surface area contributed by atoms with Gasteiger partial charge in [-0.25, -0.2) is 4.39 Å². The third-order valence-electron chi connectivity index (χ3n) is 3.10. The van der Waals surface area contributed by atoms with Crippen molar-refractivity contribution in [1.82, 2.24) is 0 Å². The number of carbonyl (C=O) groups excluding carboxylic acids is 1. The number of ether oxygens (including phenoxy) is 1. The van der Waals surface area contributed by atoms with Gasteiger partial charge in [-0.3, -0.25) is 9.59 Å². The third-order valence-corrected chi connectivity index (χ3v) is 3.10. The average Bonchev–Trinajstić information content (AvgIpc) is 2.24. The summed E-state index contributed by atoms with van der Waals surface area (Å²) in [4.78, 5) is 21.4. The quantitative estimate of drug-likeness (QED) is 0.817. The molecule has 0 radical (unpaired) electrons. The maximum atomic E-state index is 13.2. The van der Waals surface area contributed by atoms with Gasteiger partial charge in [-0.15, -0.1) is 0 Å². The van der Waals surface area contributed by atoms with Crippen LogP contribution in [0.25, 0.3) is 0 Å². The summed E-state index contributed by atoms with van der Waals surface area (Å²) < 4.78 is 18.8. The highest BCUT2D eigenvalue weighted by molar-refractivity contribution is 5.75. The molecule has 0 spiro atoms. The number of benzene rings is 1. The smallest absolute Gasteiger partial charge is 0.307 e. The Bertz CT molecular complexity index is 480. The van der Waals surface area contributed by atoms with Crippen LogP contribution in [-0.4, -0.2) is 23.0 Å². The number of halogens is 1. The number of aldehydes is 1. The van der Waals surface area contributed by atoms with E-state index in [1.807, 2.05) is 0 Å². The molecule has 0 saturated heterocycles. The fourth-order valence-electron chi connectivity index (χ4n) is 2.12. The van der Waals surface area contributed by atoms with Crippen molar-refractivity contribution in [2.75, 3.05) is 0 Å². The Morgan fingerprint density at radius 1 is 1.44 bits per heavy atom. The van der Waals surface area contributed by atoms with Crippen LogP contribution in [0.1, 0.15) is 36.0 Å². The molecule has 1 aromatic carbocycles. The molecule has 96 valence electrons. The van der Waals surface area contributed by atoms with Crippen molar-refractivity contribution in [2.24, 2.45) is 0 Å². The van der Waals surface area contributed by atoms with Gasteiger partial charge >= 0.3 is 5.97 Å². The minimum absolute atomic E-state index is 0.111. The third kappa shape index (κ3) is 2.67. The molecule has 0 unspecified atom stereocenters. The standard InChI is InChI=1S/C13H13FO4/c14-10-4-9(8-15)5-11(6-10)18-13(2-1-3-13)7-12(16)17/h4-6,8H,1-3,7H2,(H,16,17). The summed E-state index contributed by atoms with van der Waals surface area (Å²) in [7, 11) is 0. The van der Waals surface area contributed by atoms with Crippen molar-refractivity contribution in [2.45, 2.75) is 31.3 Å². The zero-order chi connectivity index (χ0) is 13.2. The molecule has 1 N–H and O–H groups in total. The lowest BCUT2D eigenvalue weighted by atomic mass is 9.77. The molecule has 5 heteroatoms. The first-order valence-corrected chi connectivity index (χ1v) is 5.70. The summed E-state index contributed by atoms with van der Waals surface area (Å²) in [5.41, 5.74) is -0.574. The van der Waals surface area contributed by atoms with E-state index in [1.165, 1.54) is 6.07 Å². The topological polar surface area (TPSA) is 63.6 Å². The summed E-state index contributed by atoms with van der Waals surface area (Å²) >= 11 is 0. The van der Waals surface area contributed by atoms with E-state index in [0.29, 0.717) is 19.1 Å². The summed E-state index contributed by atoms with van der Waals surface area (Å²) in [5, 5.41) is 8.84. The van der Waals surface area contributed by atoms with Gasteiger partial charge in [0.25, 0.3) is 0 Å². The molecule has 1 fully saturated rings. The number of rotatable bonds is 5. The molecule has 2 rings (SSSR count). The number of carboxylic acid groups (broad SMARTS) is 1. The molecule has 1 aliphatic rings. The van der Waals surface area contributed by atoms with Crippen molar-refractivity contribution >= 4 is 12.3 Å². The van der Waals surface area contributed by atoms with Crippen LogP contribution in [0.15, 0.2) is 18.2 Å². The van der Waals surface area contributed by atoms with Gasteiger partial charge in [0.05, 0.1) is 6.42 Å². The largest absolute Gasteiger partial charge is 0.487 e. The Balaban J connectivity index is 2.19. The van der Waals surface area contributed by atoms with Crippen LogP contribution < -0.4 is 4.74 Å². The van der Waals surface area contributed by atoms with E-state index < -0.39 is 17.4 Å². The molecule has 0 aliphatic heterocycles. The van der Waals surface area contributed by atoms with E-state index in [9.17, 15) is 14.0 Å². The van der Waals surface area contributed by atoms with Crippen molar-refractivity contribution in [3.05, 3.63) is 29.6 Å². The first-order valence-electron chi connectivity index (χ1n) is 5.70. The number of hydrogen-bond donors (Lipinski definition) is 1. The highest BCUT2D eigenvalue weighted by Gasteiger charge is 2.41. The Hall–Kier alpha value is -1.91. The molecular weight excluding hydrogens is 239 g/mol. The minimum atomic E-state index is -0.943. The monoisotopic (exact) mass is 252 g/mol. The van der Waals surface area contributed by atoms with E-state index in [-0.39, 0.29) is 17.7 Å². The molecule has 0 bridgehead atoms. The molecule has 1 aliphatic carbocycles. The second-order valence-electron chi connectivity index (χ2n) is 4.55. The van der Waals surface area contributed by atoms with Gasteiger partial charge in [-0.1, -0.05) is 0 Å². The van der Waals surface area contributed by atoms with E-state index >= 15 is 0 Å². The first-order chi connectivity index (χ1) is 8.53. The van der Waals surface area contributed by atoms with Crippen molar-refractivity contribution in [3.63, 3.8) is 0 Å². The number of carbonyl (C=O) groups is 2. The van der Waals surface area contributed by atoms with E-state index in [0.717, 1.165) is 18.6 Å². The predicted octanol–water partition coefficient (Wildman–Crippen LogP) is 2.41. The Labute approximate surface area is 103 Å². The maximum absolute atomic E-state index is 13.2. The van der Waals surface area contributed by atoms with Crippen LogP contribution in [0, 0.1) is 5.82 Å². The zero-order valence-corrected chi connectivity index (χ0v) is 9.69. The molecule has 0 atom stereocenters. The Kier molecular flexibility index (Phi) is 3.32. The summed E-state index contributed by atoms with van der Waals surface area (Å²) in [6.07, 6.45) is 2.57. The molecule has 0 amide bonds. The molecule has 0 aromatic heterocycles. The maximum Gasteiger partial charge on any atom is 0.307 e. The van der Waals surface area contributed by atoms with Gasteiger partial charge in [0.1, 0.15) is 23.5 Å². The fraction of sp³-hybridized carbons (Fsp3) is 0.385. The second-order valence-corrected chi connectivity index (χ2v) is 4.55. The lowest BCUT2D eigenvalue weighted by Crippen LogP contribution is -2.45. The summed E-state index contributed by atoms with van der Waals surface area (Å²) in [6, 6.07) is 3.68. The predicted molar refractivity (Wildman–Crippen MR) is 61.3 cm³/mol. The SMILES string of the molecule is O=Cc1cc(F)cc(OC2(CC(=O)O)CCC2)c1. The first kappa shape index (κ1) is 12.5. The average molecular weight is 252 g/mol. The summed E-state index contributed by atoms with van der Waals surface area (Å²) in [6.45, 7) is 0. The number of hydrogen-bond acceptors (Lipinski definition) is 3. The highest BCUT2D eigenvalue weighted by atomic mass is 19.1. The van der Waals surface area contributed by atoms with Crippen molar-refractivity contribution in [1.29, 1.82) is 0 Å². The second kappa shape index (κ2) is 4.76. The molecule has 0 heterocycles. The van der Waals surface area contributed by atoms with Gasteiger partial charge in [-0.05, 0) is 31.4 Å². The van der Waals surface area contributed by atoms with Gasteiger partial charge in [0, 0.05) is 11.6 Å². The van der Waals surface area contributed by atoms with Crippen molar-refractivity contribution < 1.29 is 23.8 Å². The van der Waals surface area contributed by atoms with E-state index in [2.05, 4.69) is 0 Å². The number of carboxylic acids is 1. The van der Waals surface area contributed by atoms with Crippen LogP contribution in [0.5, 0.6) is 5.75 Å². The van der Waals surface area contributed by atoms with Gasteiger partial charge in [-0.2, -0.15) is 0 Å².